The zero-order valence-corrected chi connectivity index (χ0v) is 17.8. The highest BCUT2D eigenvalue weighted by atomic mass is 35.5. The summed E-state index contributed by atoms with van der Waals surface area (Å²) in [5.74, 6) is 0.291. The summed E-state index contributed by atoms with van der Waals surface area (Å²) < 4.78 is 17.4. The van der Waals surface area contributed by atoms with Crippen molar-refractivity contribution in [3.63, 3.8) is 0 Å². The molecule has 0 aliphatic carbocycles. The van der Waals surface area contributed by atoms with E-state index in [1.54, 1.807) is 4.57 Å². The average molecular weight is 448 g/mol. The molecule has 0 aliphatic heterocycles. The van der Waals surface area contributed by atoms with Crippen molar-refractivity contribution >= 4 is 50.5 Å². The summed E-state index contributed by atoms with van der Waals surface area (Å²) >= 11 is 7.14. The third kappa shape index (κ3) is 3.82. The van der Waals surface area contributed by atoms with Crippen LogP contribution in [0.4, 0.5) is 10.1 Å². The van der Waals surface area contributed by atoms with Crippen LogP contribution in [0.2, 0.25) is 5.02 Å². The van der Waals surface area contributed by atoms with Gasteiger partial charge in [-0.1, -0.05) is 24.9 Å². The number of hydrogen-bond donors (Lipinski definition) is 1. The first kappa shape index (κ1) is 20.5. The van der Waals surface area contributed by atoms with Gasteiger partial charge in [-0.15, -0.1) is 21.5 Å². The minimum atomic E-state index is -0.543. The number of nitrogens with zero attached hydrogens (tertiary/aromatic N) is 4. The maximum absolute atomic E-state index is 13.3. The van der Waals surface area contributed by atoms with Crippen molar-refractivity contribution < 1.29 is 9.18 Å². The number of hydrogen-bond acceptors (Lipinski definition) is 5. The van der Waals surface area contributed by atoms with Gasteiger partial charge in [0.05, 0.1) is 10.5 Å². The van der Waals surface area contributed by atoms with E-state index in [2.05, 4.69) is 22.4 Å². The summed E-state index contributed by atoms with van der Waals surface area (Å²) in [7, 11) is 0. The number of halogens is 2. The molecule has 30 heavy (non-hydrogen) atoms. The molecule has 0 saturated carbocycles. The lowest BCUT2D eigenvalue weighted by Crippen LogP contribution is -2.23. The number of carbonyl (C=O) groups excluding carboxylic acids is 1. The molecule has 1 amide bonds. The quantitative estimate of drug-likeness (QED) is 0.458. The van der Waals surface area contributed by atoms with E-state index in [0.29, 0.717) is 35.0 Å². The highest BCUT2D eigenvalue weighted by Crippen LogP contribution is 2.22. The third-order valence-corrected chi connectivity index (χ3v) is 5.97. The number of unbranched alkanes of at least 4 members (excludes halogenated alkanes) is 1. The standard InChI is InChI=1S/C20H19ClFN5O2S/c1-2-3-9-26-19(29)18-15(8-10-30-18)27-16(24-25-20(26)27)6-7-17(28)23-12-4-5-14(22)13(21)11-12/h4-5,8,10-11H,2-3,6-7,9H2,1H3,(H,23,28). The Morgan fingerprint density at radius 3 is 2.90 bits per heavy atom. The smallest absolute Gasteiger partial charge is 0.272 e. The normalized spacial score (nSPS) is 11.4. The van der Waals surface area contributed by atoms with Gasteiger partial charge >= 0.3 is 0 Å². The molecule has 1 N–H and O–H groups in total. The van der Waals surface area contributed by atoms with E-state index in [0.717, 1.165) is 18.4 Å². The lowest BCUT2D eigenvalue weighted by molar-refractivity contribution is -0.116. The van der Waals surface area contributed by atoms with Crippen LogP contribution in [0.15, 0.2) is 34.4 Å². The van der Waals surface area contributed by atoms with Gasteiger partial charge in [0.1, 0.15) is 16.3 Å². The molecular formula is C20H19ClFN5O2S. The molecule has 0 bridgehead atoms. The summed E-state index contributed by atoms with van der Waals surface area (Å²) in [6.07, 6.45) is 2.29. The first-order valence-corrected chi connectivity index (χ1v) is 10.8. The Hall–Kier alpha value is -2.78. The van der Waals surface area contributed by atoms with Crippen molar-refractivity contribution in [1.82, 2.24) is 19.2 Å². The van der Waals surface area contributed by atoms with Crippen LogP contribution in [0, 0.1) is 5.82 Å². The van der Waals surface area contributed by atoms with E-state index in [1.807, 2.05) is 15.8 Å². The lowest BCUT2D eigenvalue weighted by atomic mass is 10.2. The molecule has 0 saturated heterocycles. The number of carbonyl (C=O) groups is 1. The second kappa shape index (κ2) is 8.53. The van der Waals surface area contributed by atoms with Gasteiger partial charge in [-0.05, 0) is 36.1 Å². The lowest BCUT2D eigenvalue weighted by Gasteiger charge is -2.09. The van der Waals surface area contributed by atoms with E-state index in [1.165, 1.54) is 29.5 Å². The van der Waals surface area contributed by atoms with Crippen molar-refractivity contribution in [3.8, 4) is 0 Å². The summed E-state index contributed by atoms with van der Waals surface area (Å²) in [4.78, 5) is 25.2. The molecule has 7 nitrogen and oxygen atoms in total. The van der Waals surface area contributed by atoms with Gasteiger partial charge < -0.3 is 5.32 Å². The fourth-order valence-electron chi connectivity index (χ4n) is 3.28. The Labute approximate surface area is 180 Å². The molecule has 0 fully saturated rings. The highest BCUT2D eigenvalue weighted by molar-refractivity contribution is 7.17. The number of nitrogens with one attached hydrogen (secondary N) is 1. The van der Waals surface area contributed by atoms with Crippen LogP contribution in [0.25, 0.3) is 16.0 Å². The first-order chi connectivity index (χ1) is 14.5. The van der Waals surface area contributed by atoms with Gasteiger partial charge in [0.25, 0.3) is 5.56 Å². The van der Waals surface area contributed by atoms with E-state index >= 15 is 0 Å². The van der Waals surface area contributed by atoms with Crippen molar-refractivity contribution in [2.24, 2.45) is 0 Å². The summed E-state index contributed by atoms with van der Waals surface area (Å²) in [5, 5.41) is 13.0. The van der Waals surface area contributed by atoms with Crippen molar-refractivity contribution in [2.75, 3.05) is 5.32 Å². The van der Waals surface area contributed by atoms with Gasteiger partial charge in [0.15, 0.2) is 0 Å². The number of benzene rings is 1. The molecule has 156 valence electrons. The summed E-state index contributed by atoms with van der Waals surface area (Å²) in [6, 6.07) is 5.88. The maximum Gasteiger partial charge on any atom is 0.272 e. The van der Waals surface area contributed by atoms with Crippen molar-refractivity contribution in [3.05, 3.63) is 56.7 Å². The van der Waals surface area contributed by atoms with Crippen molar-refractivity contribution in [1.29, 1.82) is 0 Å². The van der Waals surface area contributed by atoms with E-state index < -0.39 is 5.82 Å². The second-order valence-corrected chi connectivity index (χ2v) is 8.20. The van der Waals surface area contributed by atoms with Crippen LogP contribution < -0.4 is 10.9 Å². The maximum atomic E-state index is 13.3. The monoisotopic (exact) mass is 447 g/mol. The van der Waals surface area contributed by atoms with Crippen LogP contribution in [0.5, 0.6) is 0 Å². The van der Waals surface area contributed by atoms with Crippen LogP contribution in [-0.4, -0.2) is 25.1 Å². The Bertz CT molecular complexity index is 1300. The number of thiophene rings is 1. The summed E-state index contributed by atoms with van der Waals surface area (Å²) in [6.45, 7) is 2.63. The molecule has 0 spiro atoms. The van der Waals surface area contributed by atoms with Gasteiger partial charge in [0.2, 0.25) is 11.7 Å². The van der Waals surface area contributed by atoms with E-state index in [4.69, 9.17) is 11.6 Å². The molecule has 3 heterocycles. The molecule has 4 aromatic rings. The largest absolute Gasteiger partial charge is 0.326 e. The number of anilines is 1. The SMILES string of the molecule is CCCCn1c(=O)c2sccc2n2c(CCC(=O)Nc3ccc(F)c(Cl)c3)nnc12. The van der Waals surface area contributed by atoms with E-state index in [-0.39, 0.29) is 22.9 Å². The molecule has 0 unspecified atom stereocenters. The zero-order valence-electron chi connectivity index (χ0n) is 16.2. The van der Waals surface area contributed by atoms with Crippen LogP contribution in [0.1, 0.15) is 32.0 Å². The number of aryl methyl sites for hydroxylation is 2. The summed E-state index contributed by atoms with van der Waals surface area (Å²) in [5.41, 5.74) is 1.11. The van der Waals surface area contributed by atoms with Gasteiger partial charge in [-0.25, -0.2) is 4.39 Å². The molecule has 4 rings (SSSR count). The Balaban J connectivity index is 1.60. The molecule has 0 aliphatic rings. The number of rotatable bonds is 7. The molecular weight excluding hydrogens is 429 g/mol. The molecule has 10 heteroatoms. The highest BCUT2D eigenvalue weighted by Gasteiger charge is 2.18. The predicted molar refractivity (Wildman–Crippen MR) is 116 cm³/mol. The zero-order chi connectivity index (χ0) is 21.3. The predicted octanol–water partition coefficient (Wildman–Crippen LogP) is 4.27. The minimum Gasteiger partial charge on any atom is -0.326 e. The van der Waals surface area contributed by atoms with Crippen LogP contribution >= 0.6 is 22.9 Å². The Morgan fingerprint density at radius 2 is 2.13 bits per heavy atom. The van der Waals surface area contributed by atoms with E-state index in [9.17, 15) is 14.0 Å². The third-order valence-electron chi connectivity index (χ3n) is 4.79. The second-order valence-electron chi connectivity index (χ2n) is 6.87. The minimum absolute atomic E-state index is 0.0545. The topological polar surface area (TPSA) is 81.3 Å². The Morgan fingerprint density at radius 1 is 1.30 bits per heavy atom. The molecule has 1 aromatic carbocycles. The van der Waals surface area contributed by atoms with Crippen LogP contribution in [-0.2, 0) is 17.8 Å². The average Bonchev–Trinajstić information content (AvgIpc) is 3.36. The van der Waals surface area contributed by atoms with Crippen LogP contribution in [0.3, 0.4) is 0 Å². The number of fused-ring (bicyclic) bond motifs is 3. The number of amides is 1. The first-order valence-electron chi connectivity index (χ1n) is 9.58. The van der Waals surface area contributed by atoms with Gasteiger partial charge in [-0.3, -0.25) is 18.6 Å². The molecule has 0 radical (unpaired) electrons. The van der Waals surface area contributed by atoms with Gasteiger partial charge in [-0.2, -0.15) is 0 Å². The van der Waals surface area contributed by atoms with Gasteiger partial charge in [0, 0.05) is 25.1 Å². The molecule has 0 atom stereocenters. The fraction of sp³-hybridized carbons (Fsp3) is 0.300. The number of aromatic nitrogens is 4. The fourth-order valence-corrected chi connectivity index (χ4v) is 4.29. The van der Waals surface area contributed by atoms with Crippen molar-refractivity contribution in [2.45, 2.75) is 39.2 Å². The Kier molecular flexibility index (Phi) is 5.83. The molecule has 3 aromatic heterocycles.